The summed E-state index contributed by atoms with van der Waals surface area (Å²) in [5, 5.41) is -0.230. The summed E-state index contributed by atoms with van der Waals surface area (Å²) in [6.45, 7) is 8.48. The van der Waals surface area contributed by atoms with Crippen LogP contribution in [0.2, 0.25) is 0 Å². The monoisotopic (exact) mass is 306 g/mol. The Morgan fingerprint density at radius 2 is 2.18 bits per heavy atom. The van der Waals surface area contributed by atoms with Gasteiger partial charge in [-0.15, -0.1) is 0 Å². The molecule has 5 heteroatoms. The number of rotatable bonds is 8. The molecule has 0 amide bonds. The highest BCUT2D eigenvalue weighted by molar-refractivity contribution is 9.09. The number of carbonyl (C=O) groups excluding carboxylic acids is 2. The van der Waals surface area contributed by atoms with Crippen LogP contribution in [0.1, 0.15) is 33.6 Å². The minimum Gasteiger partial charge on any atom is -0.459 e. The van der Waals surface area contributed by atoms with E-state index in [0.717, 1.165) is 12.8 Å². The quantitative estimate of drug-likeness (QED) is 0.299. The first-order valence-electron chi connectivity index (χ1n) is 5.45. The van der Waals surface area contributed by atoms with Crippen molar-refractivity contribution in [3.63, 3.8) is 0 Å². The third-order valence-corrected chi connectivity index (χ3v) is 2.65. The Morgan fingerprint density at radius 3 is 2.59 bits per heavy atom. The minimum absolute atomic E-state index is 0.117. The predicted octanol–water partition coefficient (Wildman–Crippen LogP) is 2.60. The molecule has 0 rings (SSSR count). The molecule has 0 N–H and O–H groups in total. The Labute approximate surface area is 110 Å². The first kappa shape index (κ1) is 16.3. The molecule has 0 aliphatic carbocycles. The van der Waals surface area contributed by atoms with Crippen molar-refractivity contribution in [2.75, 3.05) is 6.61 Å². The lowest BCUT2D eigenvalue weighted by Crippen LogP contribution is -2.39. The molecular weight excluding hydrogens is 288 g/mol. The third kappa shape index (κ3) is 6.58. The van der Waals surface area contributed by atoms with Gasteiger partial charge in [0.25, 0.3) is 0 Å². The van der Waals surface area contributed by atoms with E-state index in [1.807, 2.05) is 6.92 Å². The summed E-state index contributed by atoms with van der Waals surface area (Å²) in [7, 11) is 0. The number of carbonyl (C=O) groups is 2. The molecule has 0 aromatic carbocycles. The second kappa shape index (κ2) is 7.61. The molecule has 0 aliphatic heterocycles. The van der Waals surface area contributed by atoms with Crippen molar-refractivity contribution in [2.45, 2.75) is 44.2 Å². The van der Waals surface area contributed by atoms with E-state index in [0.29, 0.717) is 11.9 Å². The van der Waals surface area contributed by atoms with Gasteiger partial charge < -0.3 is 9.47 Å². The van der Waals surface area contributed by atoms with Crippen LogP contribution in [0.5, 0.6) is 0 Å². The smallest absolute Gasteiger partial charge is 0.333 e. The van der Waals surface area contributed by atoms with E-state index in [1.165, 1.54) is 0 Å². The van der Waals surface area contributed by atoms with Crippen LogP contribution in [0.15, 0.2) is 12.2 Å². The van der Waals surface area contributed by atoms with E-state index in [2.05, 4.69) is 22.5 Å². The van der Waals surface area contributed by atoms with Gasteiger partial charge in [0.05, 0.1) is 0 Å². The molecular formula is C12H19BrO4. The second-order valence-corrected chi connectivity index (χ2v) is 5.12. The van der Waals surface area contributed by atoms with Crippen LogP contribution in [0.25, 0.3) is 0 Å². The molecule has 0 radical (unpaired) electrons. The van der Waals surface area contributed by atoms with Crippen LogP contribution < -0.4 is 0 Å². The zero-order valence-corrected chi connectivity index (χ0v) is 12.1. The highest BCUT2D eigenvalue weighted by Gasteiger charge is 2.29. The number of ether oxygens (including phenoxy) is 2. The van der Waals surface area contributed by atoms with Crippen molar-refractivity contribution in [3.8, 4) is 0 Å². The average molecular weight is 307 g/mol. The third-order valence-electron chi connectivity index (χ3n) is 2.00. The van der Waals surface area contributed by atoms with Gasteiger partial charge in [-0.25, -0.2) is 4.79 Å². The number of esters is 1. The lowest BCUT2D eigenvalue weighted by Gasteiger charge is -2.26. The van der Waals surface area contributed by atoms with Gasteiger partial charge in [0.2, 0.25) is 0 Å². The molecule has 0 fully saturated rings. The van der Waals surface area contributed by atoms with Gasteiger partial charge in [0.15, 0.2) is 11.9 Å². The van der Waals surface area contributed by atoms with Gasteiger partial charge in [0.1, 0.15) is 11.6 Å². The highest BCUT2D eigenvalue weighted by atomic mass is 79.9. The van der Waals surface area contributed by atoms with E-state index in [1.54, 1.807) is 13.8 Å². The Hall–Kier alpha value is -0.680. The number of hydrogen-bond acceptors (Lipinski definition) is 4. The maximum Gasteiger partial charge on any atom is 0.333 e. The first-order valence-corrected chi connectivity index (χ1v) is 6.37. The second-order valence-electron chi connectivity index (χ2n) is 4.10. The summed E-state index contributed by atoms with van der Waals surface area (Å²) in [6.07, 6.45) is 2.34. The van der Waals surface area contributed by atoms with E-state index < -0.39 is 11.6 Å². The van der Waals surface area contributed by atoms with Gasteiger partial charge in [-0.1, -0.05) is 35.9 Å². The molecule has 98 valence electrons. The van der Waals surface area contributed by atoms with Gasteiger partial charge in [0, 0.05) is 5.57 Å². The minimum atomic E-state index is -1.13. The molecule has 0 heterocycles. The van der Waals surface area contributed by atoms with Gasteiger partial charge in [-0.05, 0) is 20.3 Å². The Balaban J connectivity index is 4.32. The summed E-state index contributed by atoms with van der Waals surface area (Å²) in [5.41, 5.74) is -0.837. The van der Waals surface area contributed by atoms with Crippen LogP contribution in [0.3, 0.4) is 0 Å². The standard InChI is InChI=1S/C12H19BrO4/c1-5-6-10(13)17-12(4,7-14)8-16-11(15)9(2)3/h7,10H,2,5-6,8H2,1,3-4H3. The molecule has 2 atom stereocenters. The predicted molar refractivity (Wildman–Crippen MR) is 69.0 cm³/mol. The molecule has 0 spiro atoms. The fraction of sp³-hybridized carbons (Fsp3) is 0.667. The van der Waals surface area contributed by atoms with E-state index in [9.17, 15) is 9.59 Å². The summed E-state index contributed by atoms with van der Waals surface area (Å²) in [6, 6.07) is 0. The maximum absolute atomic E-state index is 11.2. The van der Waals surface area contributed by atoms with Crippen LogP contribution in [0.4, 0.5) is 0 Å². The van der Waals surface area contributed by atoms with Gasteiger partial charge in [-0.2, -0.15) is 0 Å². The summed E-state index contributed by atoms with van der Waals surface area (Å²) >= 11 is 3.31. The van der Waals surface area contributed by atoms with Crippen molar-refractivity contribution >= 4 is 28.2 Å². The van der Waals surface area contributed by atoms with Gasteiger partial charge in [-0.3, -0.25) is 4.79 Å². The van der Waals surface area contributed by atoms with Crippen LogP contribution in [0, 0.1) is 0 Å². The van der Waals surface area contributed by atoms with Crippen molar-refractivity contribution < 1.29 is 19.1 Å². The molecule has 0 bridgehead atoms. The summed E-state index contributed by atoms with van der Waals surface area (Å²) < 4.78 is 10.4. The van der Waals surface area contributed by atoms with Crippen LogP contribution >= 0.6 is 15.9 Å². The molecule has 0 saturated carbocycles. The fourth-order valence-corrected chi connectivity index (χ4v) is 1.89. The van der Waals surface area contributed by atoms with Crippen LogP contribution in [-0.2, 0) is 19.1 Å². The van der Waals surface area contributed by atoms with E-state index in [-0.39, 0.29) is 11.6 Å². The average Bonchev–Trinajstić information content (AvgIpc) is 2.26. The van der Waals surface area contributed by atoms with Gasteiger partial charge >= 0.3 is 5.97 Å². The van der Waals surface area contributed by atoms with Crippen LogP contribution in [-0.4, -0.2) is 29.5 Å². The summed E-state index contributed by atoms with van der Waals surface area (Å²) in [5.74, 6) is -0.525. The largest absolute Gasteiger partial charge is 0.459 e. The molecule has 0 aromatic heterocycles. The molecule has 2 unspecified atom stereocenters. The molecule has 0 aliphatic rings. The Kier molecular flexibility index (Phi) is 7.30. The highest BCUT2D eigenvalue weighted by Crippen LogP contribution is 2.19. The lowest BCUT2D eigenvalue weighted by atomic mass is 10.1. The van der Waals surface area contributed by atoms with E-state index in [4.69, 9.17) is 9.47 Å². The SMILES string of the molecule is C=C(C)C(=O)OCC(C)(C=O)OC(Br)CCC. The zero-order chi connectivity index (χ0) is 13.5. The molecule has 4 nitrogen and oxygen atoms in total. The topological polar surface area (TPSA) is 52.6 Å². The number of halogens is 1. The first-order chi connectivity index (χ1) is 7.84. The van der Waals surface area contributed by atoms with E-state index >= 15 is 0 Å². The zero-order valence-electron chi connectivity index (χ0n) is 10.5. The van der Waals surface area contributed by atoms with Crippen molar-refractivity contribution in [2.24, 2.45) is 0 Å². The van der Waals surface area contributed by atoms with Crippen molar-refractivity contribution in [1.29, 1.82) is 0 Å². The fourth-order valence-electron chi connectivity index (χ4n) is 1.01. The Morgan fingerprint density at radius 1 is 1.59 bits per heavy atom. The number of aldehydes is 1. The summed E-state index contributed by atoms with van der Waals surface area (Å²) in [4.78, 5) is 22.2. The van der Waals surface area contributed by atoms with Crippen molar-refractivity contribution in [3.05, 3.63) is 12.2 Å². The normalized spacial score (nSPS) is 15.8. The van der Waals surface area contributed by atoms with Crippen molar-refractivity contribution in [1.82, 2.24) is 0 Å². The molecule has 0 saturated heterocycles. The molecule has 17 heavy (non-hydrogen) atoms. The lowest BCUT2D eigenvalue weighted by molar-refractivity contribution is -0.155. The Bertz CT molecular complexity index is 290. The molecule has 0 aromatic rings. The maximum atomic E-state index is 11.2. The number of hydrogen-bond donors (Lipinski definition) is 0. The number of alkyl halides is 1.